The molecule has 1 amide bonds. The molecule has 0 radical (unpaired) electrons. The van der Waals surface area contributed by atoms with Gasteiger partial charge < -0.3 is 10.2 Å². The molecule has 1 spiro atoms. The van der Waals surface area contributed by atoms with Gasteiger partial charge in [-0.05, 0) is 43.1 Å². The van der Waals surface area contributed by atoms with E-state index in [1.54, 1.807) is 0 Å². The van der Waals surface area contributed by atoms with E-state index in [0.717, 1.165) is 42.1 Å². The standard InChI is InChI=1S/C21H21N3OS/c1-14-9-11-21(12-10-14)23-19(25)17(13-22)20(26)24(21)18-8-4-6-15-5-2-3-7-16(15)18/h2-8,14,26H,9-12H2,1H3,(H,23,25). The Kier molecular flexibility index (Phi) is 4.16. The number of thiol groups is 1. The van der Waals surface area contributed by atoms with Crippen LogP contribution >= 0.6 is 12.6 Å². The quantitative estimate of drug-likeness (QED) is 0.741. The van der Waals surface area contributed by atoms with Gasteiger partial charge in [0.25, 0.3) is 5.91 Å². The van der Waals surface area contributed by atoms with E-state index in [1.807, 2.05) is 30.3 Å². The summed E-state index contributed by atoms with van der Waals surface area (Å²) in [6.45, 7) is 2.25. The van der Waals surface area contributed by atoms with E-state index in [9.17, 15) is 10.1 Å². The van der Waals surface area contributed by atoms with Gasteiger partial charge in [0, 0.05) is 5.39 Å². The number of fused-ring (bicyclic) bond motifs is 1. The fraction of sp³-hybridized carbons (Fsp3) is 0.333. The molecule has 1 saturated carbocycles. The number of carbonyl (C=O) groups is 1. The van der Waals surface area contributed by atoms with E-state index in [0.29, 0.717) is 10.9 Å². The highest BCUT2D eigenvalue weighted by atomic mass is 32.1. The maximum Gasteiger partial charge on any atom is 0.266 e. The lowest BCUT2D eigenvalue weighted by atomic mass is 9.80. The van der Waals surface area contributed by atoms with Crippen LogP contribution in [-0.2, 0) is 4.79 Å². The molecule has 1 N–H and O–H groups in total. The van der Waals surface area contributed by atoms with Gasteiger partial charge >= 0.3 is 0 Å². The van der Waals surface area contributed by atoms with E-state index in [2.05, 4.69) is 48.0 Å². The second kappa shape index (κ2) is 6.37. The number of carbonyl (C=O) groups excluding carboxylic acids is 1. The third-order valence-corrected chi connectivity index (χ3v) is 6.08. The van der Waals surface area contributed by atoms with Crippen LogP contribution in [0.25, 0.3) is 10.8 Å². The largest absolute Gasteiger partial charge is 0.328 e. The van der Waals surface area contributed by atoms with E-state index in [4.69, 9.17) is 0 Å². The number of nitrogens with zero attached hydrogens (tertiary/aromatic N) is 2. The molecule has 0 aromatic heterocycles. The Balaban J connectivity index is 1.95. The maximum atomic E-state index is 12.6. The number of hydrogen-bond acceptors (Lipinski definition) is 4. The van der Waals surface area contributed by atoms with Gasteiger partial charge in [-0.1, -0.05) is 43.3 Å². The van der Waals surface area contributed by atoms with Crippen LogP contribution in [0.1, 0.15) is 32.6 Å². The highest BCUT2D eigenvalue weighted by Crippen LogP contribution is 2.45. The van der Waals surface area contributed by atoms with Gasteiger partial charge in [0.05, 0.1) is 10.7 Å². The fourth-order valence-electron chi connectivity index (χ4n) is 4.18. The zero-order valence-corrected chi connectivity index (χ0v) is 15.6. The smallest absolute Gasteiger partial charge is 0.266 e. The van der Waals surface area contributed by atoms with Crippen molar-refractivity contribution in [1.82, 2.24) is 5.32 Å². The first-order chi connectivity index (χ1) is 12.6. The van der Waals surface area contributed by atoms with Gasteiger partial charge in [-0.15, -0.1) is 12.6 Å². The Hall–Kier alpha value is -2.45. The van der Waals surface area contributed by atoms with Crippen LogP contribution in [0.4, 0.5) is 5.69 Å². The number of rotatable bonds is 1. The lowest BCUT2D eigenvalue weighted by molar-refractivity contribution is -0.120. The minimum Gasteiger partial charge on any atom is -0.328 e. The monoisotopic (exact) mass is 363 g/mol. The minimum atomic E-state index is -0.523. The number of hydrogen-bond donors (Lipinski definition) is 2. The summed E-state index contributed by atoms with van der Waals surface area (Å²) in [6.07, 6.45) is 3.74. The van der Waals surface area contributed by atoms with Crippen LogP contribution < -0.4 is 10.2 Å². The predicted octanol–water partition coefficient (Wildman–Crippen LogP) is 4.35. The zero-order valence-electron chi connectivity index (χ0n) is 14.7. The van der Waals surface area contributed by atoms with Crippen molar-refractivity contribution in [2.24, 2.45) is 5.92 Å². The Morgan fingerprint density at radius 1 is 1.19 bits per heavy atom. The first kappa shape index (κ1) is 17.0. The molecule has 1 fully saturated rings. The molecule has 1 aliphatic carbocycles. The average Bonchev–Trinajstić information content (AvgIpc) is 2.64. The number of nitrogens with one attached hydrogen (secondary N) is 1. The molecule has 0 atom stereocenters. The van der Waals surface area contributed by atoms with E-state index in [1.165, 1.54) is 0 Å². The van der Waals surface area contributed by atoms with Crippen molar-refractivity contribution >= 4 is 35.0 Å². The number of amides is 1. The second-order valence-corrected chi connectivity index (χ2v) is 7.74. The molecule has 1 heterocycles. The molecular formula is C21H21N3OS. The van der Waals surface area contributed by atoms with Crippen molar-refractivity contribution in [2.45, 2.75) is 38.3 Å². The Labute approximate surface area is 158 Å². The van der Waals surface area contributed by atoms with E-state index < -0.39 is 5.66 Å². The molecule has 0 saturated heterocycles. The molecule has 4 rings (SSSR count). The number of anilines is 1. The van der Waals surface area contributed by atoms with Gasteiger partial charge in [-0.25, -0.2) is 0 Å². The molecule has 26 heavy (non-hydrogen) atoms. The van der Waals surface area contributed by atoms with Gasteiger partial charge in [-0.2, -0.15) is 5.26 Å². The summed E-state index contributed by atoms with van der Waals surface area (Å²) in [6, 6.07) is 16.3. The third-order valence-electron chi connectivity index (χ3n) is 5.66. The lowest BCUT2D eigenvalue weighted by Gasteiger charge is -2.51. The molecule has 2 aromatic rings. The molecule has 2 aromatic carbocycles. The third kappa shape index (κ3) is 2.57. The van der Waals surface area contributed by atoms with Gasteiger partial charge in [0.1, 0.15) is 17.3 Å². The average molecular weight is 363 g/mol. The summed E-state index contributed by atoms with van der Waals surface area (Å²) < 4.78 is 0. The summed E-state index contributed by atoms with van der Waals surface area (Å²) in [7, 11) is 0. The van der Waals surface area contributed by atoms with Crippen LogP contribution in [0, 0.1) is 17.2 Å². The van der Waals surface area contributed by atoms with Crippen molar-refractivity contribution in [3.05, 3.63) is 53.1 Å². The Morgan fingerprint density at radius 3 is 2.62 bits per heavy atom. The Bertz CT molecular complexity index is 946. The van der Waals surface area contributed by atoms with Gasteiger partial charge in [0.2, 0.25) is 0 Å². The van der Waals surface area contributed by atoms with Crippen molar-refractivity contribution in [3.63, 3.8) is 0 Å². The van der Waals surface area contributed by atoms with Gasteiger partial charge in [-0.3, -0.25) is 4.79 Å². The second-order valence-electron chi connectivity index (χ2n) is 7.31. The molecule has 0 bridgehead atoms. The van der Waals surface area contributed by atoms with E-state index >= 15 is 0 Å². The molecule has 5 heteroatoms. The topological polar surface area (TPSA) is 56.1 Å². The fourth-order valence-corrected chi connectivity index (χ4v) is 4.63. The van der Waals surface area contributed by atoms with Crippen molar-refractivity contribution in [1.29, 1.82) is 5.26 Å². The van der Waals surface area contributed by atoms with Crippen molar-refractivity contribution in [2.75, 3.05) is 4.90 Å². The van der Waals surface area contributed by atoms with Crippen LogP contribution in [-0.4, -0.2) is 11.6 Å². The van der Waals surface area contributed by atoms with Crippen LogP contribution in [0.2, 0.25) is 0 Å². The lowest BCUT2D eigenvalue weighted by Crippen LogP contribution is -2.64. The molecule has 1 aliphatic heterocycles. The SMILES string of the molecule is CC1CCC2(CC1)NC(=O)C(C#N)=C(S)N2c1cccc2ccccc12. The first-order valence-electron chi connectivity index (χ1n) is 8.99. The van der Waals surface area contributed by atoms with Crippen molar-refractivity contribution in [3.8, 4) is 6.07 Å². The van der Waals surface area contributed by atoms with Crippen molar-refractivity contribution < 1.29 is 4.79 Å². The highest BCUT2D eigenvalue weighted by molar-refractivity contribution is 7.84. The summed E-state index contributed by atoms with van der Waals surface area (Å²) in [5, 5.41) is 15.3. The molecule has 0 unspecified atom stereocenters. The molecule has 4 nitrogen and oxygen atoms in total. The molecular weight excluding hydrogens is 342 g/mol. The van der Waals surface area contributed by atoms with Gasteiger partial charge in [0.15, 0.2) is 0 Å². The molecule has 132 valence electrons. The first-order valence-corrected chi connectivity index (χ1v) is 9.44. The summed E-state index contributed by atoms with van der Waals surface area (Å²) in [5.74, 6) is 0.320. The maximum absolute atomic E-state index is 12.6. The number of benzene rings is 2. The molecule has 2 aliphatic rings. The normalized spacial score (nSPS) is 26.1. The van der Waals surface area contributed by atoms with E-state index in [-0.39, 0.29) is 11.5 Å². The summed E-state index contributed by atoms with van der Waals surface area (Å²) in [4.78, 5) is 14.7. The van der Waals surface area contributed by atoms with Crippen LogP contribution in [0.5, 0.6) is 0 Å². The minimum absolute atomic E-state index is 0.0746. The predicted molar refractivity (Wildman–Crippen MR) is 107 cm³/mol. The zero-order chi connectivity index (χ0) is 18.3. The number of nitriles is 1. The summed E-state index contributed by atoms with van der Waals surface area (Å²) in [5.41, 5.74) is 0.534. The van der Waals surface area contributed by atoms with Crippen LogP contribution in [0.3, 0.4) is 0 Å². The highest BCUT2D eigenvalue weighted by Gasteiger charge is 2.47. The van der Waals surface area contributed by atoms with Crippen LogP contribution in [0.15, 0.2) is 53.1 Å². The Morgan fingerprint density at radius 2 is 1.88 bits per heavy atom. The summed E-state index contributed by atoms with van der Waals surface area (Å²) >= 11 is 4.66.